The largest absolute Gasteiger partial charge is 0.445 e. The predicted octanol–water partition coefficient (Wildman–Crippen LogP) is 3.52. The predicted molar refractivity (Wildman–Crippen MR) is 142 cm³/mol. The second-order valence-electron chi connectivity index (χ2n) is 10.2. The molecule has 3 aromatic rings. The van der Waals surface area contributed by atoms with Gasteiger partial charge in [0.15, 0.2) is 5.89 Å². The van der Waals surface area contributed by atoms with Crippen LogP contribution in [0.4, 0.5) is 11.8 Å². The summed E-state index contributed by atoms with van der Waals surface area (Å²) in [6.07, 6.45) is 3.76. The number of nitrogens with zero attached hydrogens (tertiary/aromatic N) is 5. The zero-order valence-electron chi connectivity index (χ0n) is 21.3. The van der Waals surface area contributed by atoms with E-state index >= 15 is 0 Å². The van der Waals surface area contributed by atoms with Gasteiger partial charge in [0.2, 0.25) is 11.9 Å². The van der Waals surface area contributed by atoms with Crippen molar-refractivity contribution in [3.05, 3.63) is 47.7 Å². The van der Waals surface area contributed by atoms with Crippen molar-refractivity contribution >= 4 is 28.5 Å². The Morgan fingerprint density at radius 1 is 1.05 bits per heavy atom. The molecule has 0 aliphatic carbocycles. The molecule has 0 radical (unpaired) electrons. The topological polar surface area (TPSA) is 104 Å². The lowest BCUT2D eigenvalue weighted by atomic mass is 9.97. The number of hydrogen-bond acceptors (Lipinski definition) is 8. The molecule has 1 N–H and O–H groups in total. The third kappa shape index (κ3) is 4.74. The minimum absolute atomic E-state index is 0.0879. The summed E-state index contributed by atoms with van der Waals surface area (Å²) in [5, 5.41) is 3.51. The van der Waals surface area contributed by atoms with Gasteiger partial charge >= 0.3 is 0 Å². The Kier molecular flexibility index (Phi) is 6.44. The van der Waals surface area contributed by atoms with Crippen molar-refractivity contribution in [2.24, 2.45) is 0 Å². The van der Waals surface area contributed by atoms with E-state index in [2.05, 4.69) is 22.3 Å². The summed E-state index contributed by atoms with van der Waals surface area (Å²) in [5.41, 5.74) is 2.87. The fourth-order valence-corrected chi connectivity index (χ4v) is 6.84. The number of nitrogens with one attached hydrogen (secondary N) is 1. The van der Waals surface area contributed by atoms with Crippen molar-refractivity contribution in [3.8, 4) is 11.3 Å². The maximum Gasteiger partial charge on any atom is 0.227 e. The fraction of sp³-hybridized carbons (Fsp3) is 0.481. The van der Waals surface area contributed by atoms with Gasteiger partial charge in [-0.25, -0.2) is 9.97 Å². The van der Waals surface area contributed by atoms with Gasteiger partial charge in [0.05, 0.1) is 16.5 Å². The quantitative estimate of drug-likeness (QED) is 0.545. The molecule has 3 aliphatic heterocycles. The highest BCUT2D eigenvalue weighted by Gasteiger charge is 2.32. The van der Waals surface area contributed by atoms with Gasteiger partial charge in [0, 0.05) is 62.8 Å². The van der Waals surface area contributed by atoms with Gasteiger partial charge in [-0.2, -0.15) is 4.98 Å². The minimum atomic E-state index is -1.10. The lowest BCUT2D eigenvalue weighted by molar-refractivity contribution is -0.132. The Balaban J connectivity index is 1.18. The monoisotopic (exact) mass is 520 g/mol. The van der Waals surface area contributed by atoms with Crippen molar-refractivity contribution in [1.82, 2.24) is 19.9 Å². The summed E-state index contributed by atoms with van der Waals surface area (Å²) in [7, 11) is 0.730. The molecule has 5 heterocycles. The molecule has 194 valence electrons. The molecular formula is C27H32N6O3S. The van der Waals surface area contributed by atoms with Crippen LogP contribution in [0.1, 0.15) is 48.9 Å². The molecule has 1 aromatic carbocycles. The van der Waals surface area contributed by atoms with Crippen LogP contribution < -0.4 is 10.2 Å². The molecule has 2 fully saturated rings. The summed E-state index contributed by atoms with van der Waals surface area (Å²) in [4.78, 5) is 31.2. The highest BCUT2D eigenvalue weighted by molar-refractivity contribution is 7.85. The number of anilines is 2. The molecule has 6 rings (SSSR count). The molecular weight excluding hydrogens is 488 g/mol. The summed E-state index contributed by atoms with van der Waals surface area (Å²) < 4.78 is 18.9. The Morgan fingerprint density at radius 2 is 1.84 bits per heavy atom. The van der Waals surface area contributed by atoms with Crippen LogP contribution in [0.15, 0.2) is 39.6 Å². The molecule has 1 amide bonds. The van der Waals surface area contributed by atoms with Crippen LogP contribution in [0.3, 0.4) is 0 Å². The van der Waals surface area contributed by atoms with Crippen LogP contribution in [0.25, 0.3) is 11.3 Å². The molecule has 0 bridgehead atoms. The highest BCUT2D eigenvalue weighted by Crippen LogP contribution is 2.35. The number of oxazole rings is 1. The second-order valence-corrected chi connectivity index (χ2v) is 11.7. The van der Waals surface area contributed by atoms with E-state index in [-0.39, 0.29) is 17.9 Å². The van der Waals surface area contributed by atoms with Crippen LogP contribution in [0, 0.1) is 6.92 Å². The molecule has 9 nitrogen and oxygen atoms in total. The standard InChI is InChI=1S/C27H32N6O3S/c1-17-23(18-6-4-3-5-7-18)30-26(36-17)19-10-13-33(14-11-19)27-29-21-12-15-37(35)24(21)25(31-27)28-20-8-9-22(34)32(2)16-20/h3-7,19-20H,8-16H2,1-2H3,(H,28,29,31). The normalized spacial score (nSPS) is 22.4. The number of amides is 1. The van der Waals surface area contributed by atoms with Gasteiger partial charge in [0.1, 0.15) is 22.2 Å². The third-order valence-electron chi connectivity index (χ3n) is 7.63. The van der Waals surface area contributed by atoms with Gasteiger partial charge in [-0.3, -0.25) is 9.00 Å². The summed E-state index contributed by atoms with van der Waals surface area (Å²) in [6.45, 7) is 4.19. The van der Waals surface area contributed by atoms with E-state index in [9.17, 15) is 9.00 Å². The molecule has 3 aliphatic rings. The average molecular weight is 521 g/mol. The first-order valence-electron chi connectivity index (χ1n) is 13.0. The molecule has 10 heteroatoms. The van der Waals surface area contributed by atoms with E-state index in [0.29, 0.717) is 36.9 Å². The molecule has 2 atom stereocenters. The number of piperidine rings is 2. The number of carbonyl (C=O) groups excluding carboxylic acids is 1. The number of likely N-dealkylation sites (N-methyl/N-ethyl adjacent to an activating group) is 1. The first kappa shape index (κ1) is 24.1. The second kappa shape index (κ2) is 9.89. The average Bonchev–Trinajstić information content (AvgIpc) is 3.49. The number of aryl methyl sites for hydroxylation is 2. The molecule has 0 spiro atoms. The van der Waals surface area contributed by atoms with E-state index in [0.717, 1.165) is 65.8 Å². The molecule has 2 unspecified atom stereocenters. The van der Waals surface area contributed by atoms with E-state index < -0.39 is 10.8 Å². The Bertz CT molecular complexity index is 1340. The Hall–Kier alpha value is -3.27. The number of fused-ring (bicyclic) bond motifs is 1. The van der Waals surface area contributed by atoms with Crippen LogP contribution >= 0.6 is 0 Å². The van der Waals surface area contributed by atoms with Gasteiger partial charge in [-0.15, -0.1) is 0 Å². The first-order valence-corrected chi connectivity index (χ1v) is 14.4. The summed E-state index contributed by atoms with van der Waals surface area (Å²) in [5.74, 6) is 4.01. The van der Waals surface area contributed by atoms with E-state index in [4.69, 9.17) is 19.4 Å². The zero-order valence-corrected chi connectivity index (χ0v) is 22.1. The van der Waals surface area contributed by atoms with Crippen molar-refractivity contribution in [2.75, 3.05) is 42.7 Å². The Morgan fingerprint density at radius 3 is 2.59 bits per heavy atom. The van der Waals surface area contributed by atoms with Gasteiger partial charge in [-0.1, -0.05) is 30.3 Å². The number of rotatable bonds is 5. The summed E-state index contributed by atoms with van der Waals surface area (Å²) >= 11 is 0. The lowest BCUT2D eigenvalue weighted by Gasteiger charge is -2.32. The van der Waals surface area contributed by atoms with Gasteiger partial charge < -0.3 is 19.5 Å². The summed E-state index contributed by atoms with van der Waals surface area (Å²) in [6, 6.07) is 10.2. The smallest absolute Gasteiger partial charge is 0.227 e. The third-order valence-corrected chi connectivity index (χ3v) is 9.09. The van der Waals surface area contributed by atoms with Crippen LogP contribution in [0.2, 0.25) is 0 Å². The SMILES string of the molecule is Cc1oc(C2CCN(c3nc4c(c(NC5CCC(=O)N(C)C5)n3)S(=O)CC4)CC2)nc1-c1ccccc1. The molecule has 37 heavy (non-hydrogen) atoms. The maximum absolute atomic E-state index is 12.8. The molecule has 2 saturated heterocycles. The van der Waals surface area contributed by atoms with Crippen LogP contribution in [-0.4, -0.2) is 68.4 Å². The fourth-order valence-electron chi connectivity index (χ4n) is 5.53. The van der Waals surface area contributed by atoms with E-state index in [1.165, 1.54) is 0 Å². The minimum Gasteiger partial charge on any atom is -0.445 e. The highest BCUT2D eigenvalue weighted by atomic mass is 32.2. The van der Waals surface area contributed by atoms with Gasteiger partial charge in [0.25, 0.3) is 0 Å². The van der Waals surface area contributed by atoms with Crippen molar-refractivity contribution in [3.63, 3.8) is 0 Å². The van der Waals surface area contributed by atoms with Gasteiger partial charge in [-0.05, 0) is 26.2 Å². The number of aromatic nitrogens is 3. The van der Waals surface area contributed by atoms with Crippen molar-refractivity contribution in [1.29, 1.82) is 0 Å². The van der Waals surface area contributed by atoms with Crippen molar-refractivity contribution < 1.29 is 13.4 Å². The van der Waals surface area contributed by atoms with Crippen LogP contribution in [0.5, 0.6) is 0 Å². The van der Waals surface area contributed by atoms with Crippen LogP contribution in [-0.2, 0) is 22.0 Å². The molecule has 2 aromatic heterocycles. The number of carbonyl (C=O) groups is 1. The first-order chi connectivity index (χ1) is 18.0. The number of benzene rings is 1. The molecule has 0 saturated carbocycles. The van der Waals surface area contributed by atoms with E-state index in [1.54, 1.807) is 4.90 Å². The van der Waals surface area contributed by atoms with E-state index in [1.807, 2.05) is 32.2 Å². The maximum atomic E-state index is 12.8. The zero-order chi connectivity index (χ0) is 25.5. The van der Waals surface area contributed by atoms with Crippen molar-refractivity contribution in [2.45, 2.75) is 55.9 Å². The number of likely N-dealkylation sites (tertiary alicyclic amines) is 1. The number of hydrogen-bond donors (Lipinski definition) is 1. The lowest BCUT2D eigenvalue weighted by Crippen LogP contribution is -2.43. The Labute approximate surface area is 219 Å².